The molecule has 1 aliphatic heterocycles. The minimum atomic E-state index is 0.512. The van der Waals surface area contributed by atoms with Gasteiger partial charge < -0.3 is 11.1 Å². The molecule has 0 radical (unpaired) electrons. The van der Waals surface area contributed by atoms with E-state index in [9.17, 15) is 0 Å². The predicted molar refractivity (Wildman–Crippen MR) is 88.3 cm³/mol. The third-order valence-corrected chi connectivity index (χ3v) is 3.57. The topological polar surface area (TPSA) is 53.6 Å². The van der Waals surface area contributed by atoms with Gasteiger partial charge in [-0.3, -0.25) is 0 Å². The van der Waals surface area contributed by atoms with E-state index in [2.05, 4.69) is 55.8 Å². The lowest BCUT2D eigenvalue weighted by atomic mass is 10.0. The van der Waals surface area contributed by atoms with Crippen molar-refractivity contribution in [3.8, 4) is 0 Å². The smallest absolute Gasteiger partial charge is 0.127 e. The fraction of sp³-hybridized carbons (Fsp3) is 0.235. The predicted octanol–water partition coefficient (Wildman–Crippen LogP) is 2.78. The zero-order valence-electron chi connectivity index (χ0n) is 12.7. The Kier molecular flexibility index (Phi) is 4.48. The zero-order chi connectivity index (χ0) is 15.4. The first kappa shape index (κ1) is 14.9. The lowest BCUT2D eigenvalue weighted by Crippen LogP contribution is -2.26. The largest absolute Gasteiger partial charge is 0.384 e. The van der Waals surface area contributed by atoms with Crippen LogP contribution in [0.5, 0.6) is 0 Å². The Morgan fingerprint density at radius 3 is 2.67 bits per heavy atom. The summed E-state index contributed by atoms with van der Waals surface area (Å²) < 4.78 is 0. The molecule has 0 saturated heterocycles. The fourth-order valence-electron chi connectivity index (χ4n) is 2.41. The first-order chi connectivity index (χ1) is 10.0. The number of hydrazone groups is 1. The Morgan fingerprint density at radius 2 is 2.10 bits per heavy atom. The standard InChI is InChI=1S/C17H22N4/c1-5-15-7-6-14(8-12(15)2)11-20-16-9-13(3)21(19-4)17(18)10-16/h6-10,20H,3-5,11,18H2,1-2H3. The van der Waals surface area contributed by atoms with Crippen molar-refractivity contribution < 1.29 is 0 Å². The summed E-state index contributed by atoms with van der Waals surface area (Å²) in [6.07, 6.45) is 4.79. The molecule has 0 spiro atoms. The maximum atomic E-state index is 5.91. The minimum absolute atomic E-state index is 0.512. The van der Waals surface area contributed by atoms with Gasteiger partial charge in [-0.25, -0.2) is 5.01 Å². The Hall–Kier alpha value is -2.49. The lowest BCUT2D eigenvalue weighted by Gasteiger charge is -2.24. The molecule has 1 heterocycles. The van der Waals surface area contributed by atoms with Crippen molar-refractivity contribution in [1.29, 1.82) is 0 Å². The van der Waals surface area contributed by atoms with E-state index in [0.717, 1.165) is 18.7 Å². The maximum absolute atomic E-state index is 5.91. The molecule has 1 aliphatic rings. The van der Waals surface area contributed by atoms with Crippen LogP contribution in [0.2, 0.25) is 0 Å². The van der Waals surface area contributed by atoms with Crippen LogP contribution in [0.3, 0.4) is 0 Å². The molecule has 0 bridgehead atoms. The van der Waals surface area contributed by atoms with Crippen LogP contribution in [0, 0.1) is 6.92 Å². The van der Waals surface area contributed by atoms with E-state index < -0.39 is 0 Å². The molecule has 0 saturated carbocycles. The molecule has 3 N–H and O–H groups in total. The molecule has 4 heteroatoms. The van der Waals surface area contributed by atoms with Crippen molar-refractivity contribution >= 4 is 6.72 Å². The Balaban J connectivity index is 2.05. The van der Waals surface area contributed by atoms with Crippen molar-refractivity contribution in [2.24, 2.45) is 10.8 Å². The molecule has 1 aromatic rings. The van der Waals surface area contributed by atoms with Crippen molar-refractivity contribution in [2.75, 3.05) is 0 Å². The molecule has 21 heavy (non-hydrogen) atoms. The molecule has 4 nitrogen and oxygen atoms in total. The first-order valence-corrected chi connectivity index (χ1v) is 7.02. The van der Waals surface area contributed by atoms with Gasteiger partial charge in [0.25, 0.3) is 0 Å². The maximum Gasteiger partial charge on any atom is 0.127 e. The number of aryl methyl sites for hydroxylation is 2. The second kappa shape index (κ2) is 6.31. The number of hydrogen-bond acceptors (Lipinski definition) is 4. The van der Waals surface area contributed by atoms with Gasteiger partial charge in [0.05, 0.1) is 5.70 Å². The second-order valence-electron chi connectivity index (χ2n) is 5.08. The number of rotatable bonds is 5. The van der Waals surface area contributed by atoms with Crippen LogP contribution < -0.4 is 11.1 Å². The summed E-state index contributed by atoms with van der Waals surface area (Å²) >= 11 is 0. The molecule has 0 atom stereocenters. The van der Waals surface area contributed by atoms with Crippen molar-refractivity contribution in [2.45, 2.75) is 26.8 Å². The summed E-state index contributed by atoms with van der Waals surface area (Å²) in [5, 5.41) is 8.68. The molecule has 0 aliphatic carbocycles. The number of benzene rings is 1. The van der Waals surface area contributed by atoms with E-state index in [4.69, 9.17) is 5.73 Å². The molecule has 2 rings (SSSR count). The van der Waals surface area contributed by atoms with E-state index >= 15 is 0 Å². The van der Waals surface area contributed by atoms with Crippen molar-refractivity contribution in [3.05, 3.63) is 70.8 Å². The summed E-state index contributed by atoms with van der Waals surface area (Å²) in [7, 11) is 0. The number of hydrogen-bond donors (Lipinski definition) is 2. The van der Waals surface area contributed by atoms with Crippen molar-refractivity contribution in [1.82, 2.24) is 10.3 Å². The molecule has 0 unspecified atom stereocenters. The van der Waals surface area contributed by atoms with Crippen LogP contribution in [0.4, 0.5) is 0 Å². The van der Waals surface area contributed by atoms with Crippen LogP contribution in [-0.4, -0.2) is 11.7 Å². The van der Waals surface area contributed by atoms with Crippen LogP contribution >= 0.6 is 0 Å². The summed E-state index contributed by atoms with van der Waals surface area (Å²) in [6, 6.07) is 6.56. The zero-order valence-corrected chi connectivity index (χ0v) is 12.7. The Morgan fingerprint density at radius 1 is 1.33 bits per heavy atom. The van der Waals surface area contributed by atoms with E-state index in [1.807, 2.05) is 12.2 Å². The van der Waals surface area contributed by atoms with Gasteiger partial charge in [0.1, 0.15) is 5.82 Å². The second-order valence-corrected chi connectivity index (χ2v) is 5.08. The van der Waals surface area contributed by atoms with E-state index in [1.165, 1.54) is 21.7 Å². The Labute approximate surface area is 126 Å². The number of nitrogens with one attached hydrogen (secondary N) is 1. The fourth-order valence-corrected chi connectivity index (χ4v) is 2.41. The van der Waals surface area contributed by atoms with Gasteiger partial charge in [-0.2, -0.15) is 5.10 Å². The highest BCUT2D eigenvalue weighted by Gasteiger charge is 2.13. The monoisotopic (exact) mass is 282 g/mol. The van der Waals surface area contributed by atoms with Crippen molar-refractivity contribution in [3.63, 3.8) is 0 Å². The third kappa shape index (κ3) is 3.34. The van der Waals surface area contributed by atoms with Gasteiger partial charge in [0, 0.05) is 25.0 Å². The molecule has 1 aromatic carbocycles. The van der Waals surface area contributed by atoms with E-state index in [-0.39, 0.29) is 0 Å². The number of allylic oxidation sites excluding steroid dienone is 2. The van der Waals surface area contributed by atoms with E-state index in [0.29, 0.717) is 11.5 Å². The van der Waals surface area contributed by atoms with E-state index in [1.54, 1.807) is 0 Å². The SMILES string of the molecule is C=NN1C(=C)C=C(NCc2ccc(CC)c(C)c2)C=C1N. The normalized spacial score (nSPS) is 14.6. The van der Waals surface area contributed by atoms with Gasteiger partial charge in [-0.15, -0.1) is 0 Å². The quantitative estimate of drug-likeness (QED) is 0.817. The number of nitrogens with two attached hydrogens (primary N) is 1. The summed E-state index contributed by atoms with van der Waals surface area (Å²) in [6.45, 7) is 12.5. The average Bonchev–Trinajstić information content (AvgIpc) is 2.45. The van der Waals surface area contributed by atoms with Gasteiger partial charge in [-0.05, 0) is 36.1 Å². The van der Waals surface area contributed by atoms with Gasteiger partial charge >= 0.3 is 0 Å². The molecule has 0 amide bonds. The third-order valence-electron chi connectivity index (χ3n) is 3.57. The first-order valence-electron chi connectivity index (χ1n) is 7.02. The van der Waals surface area contributed by atoms with Gasteiger partial charge in [0.15, 0.2) is 0 Å². The highest BCUT2D eigenvalue weighted by atomic mass is 15.5. The van der Waals surface area contributed by atoms with Crippen LogP contribution in [0.25, 0.3) is 0 Å². The molecule has 0 fully saturated rings. The molecule has 0 aromatic heterocycles. The highest BCUT2D eigenvalue weighted by molar-refractivity contribution is 5.38. The van der Waals surface area contributed by atoms with Crippen LogP contribution in [0.1, 0.15) is 23.6 Å². The van der Waals surface area contributed by atoms with Gasteiger partial charge in [-0.1, -0.05) is 31.7 Å². The minimum Gasteiger partial charge on any atom is -0.384 e. The van der Waals surface area contributed by atoms with Gasteiger partial charge in [0.2, 0.25) is 0 Å². The number of nitrogens with zero attached hydrogens (tertiary/aromatic N) is 2. The Bertz CT molecular complexity index is 626. The lowest BCUT2D eigenvalue weighted by molar-refractivity contribution is 0.461. The summed E-state index contributed by atoms with van der Waals surface area (Å²) in [5.74, 6) is 0.512. The summed E-state index contributed by atoms with van der Waals surface area (Å²) in [4.78, 5) is 0. The highest BCUT2D eigenvalue weighted by Crippen LogP contribution is 2.18. The summed E-state index contributed by atoms with van der Waals surface area (Å²) in [5.41, 5.74) is 11.5. The van der Waals surface area contributed by atoms with Crippen LogP contribution in [-0.2, 0) is 13.0 Å². The molecular formula is C17H22N4. The van der Waals surface area contributed by atoms with Crippen LogP contribution in [0.15, 0.2) is 59.2 Å². The molecular weight excluding hydrogens is 260 g/mol. The average molecular weight is 282 g/mol. The molecule has 110 valence electrons.